The highest BCUT2D eigenvalue weighted by Crippen LogP contribution is 2.26. The number of nitrogens with zero attached hydrogens (tertiary/aromatic N) is 2. The maximum atomic E-state index is 12.7. The van der Waals surface area contributed by atoms with Crippen LogP contribution in [0, 0.1) is 0 Å². The molecule has 0 fully saturated rings. The summed E-state index contributed by atoms with van der Waals surface area (Å²) >= 11 is 7.64. The normalized spacial score (nSPS) is 13.0. The van der Waals surface area contributed by atoms with Crippen LogP contribution in [-0.4, -0.2) is 21.7 Å². The van der Waals surface area contributed by atoms with Gasteiger partial charge in [-0.3, -0.25) is 9.36 Å². The second kappa shape index (κ2) is 6.49. The summed E-state index contributed by atoms with van der Waals surface area (Å²) in [5.41, 5.74) is 1.00. The van der Waals surface area contributed by atoms with Gasteiger partial charge in [-0.2, -0.15) is 11.8 Å². The number of hydrogen-bond acceptors (Lipinski definition) is 5. The summed E-state index contributed by atoms with van der Waals surface area (Å²) in [6.45, 7) is 1.89. The van der Waals surface area contributed by atoms with E-state index in [0.29, 0.717) is 22.8 Å². The lowest BCUT2D eigenvalue weighted by Crippen LogP contribution is -2.40. The van der Waals surface area contributed by atoms with E-state index in [-0.39, 0.29) is 22.8 Å². The summed E-state index contributed by atoms with van der Waals surface area (Å²) in [6.07, 6.45) is 0. The molecule has 6 nitrogen and oxygen atoms in total. The number of fused-ring (bicyclic) bond motifs is 1. The van der Waals surface area contributed by atoms with E-state index in [9.17, 15) is 14.4 Å². The van der Waals surface area contributed by atoms with Gasteiger partial charge in [-0.25, -0.2) is 14.2 Å². The van der Waals surface area contributed by atoms with Crippen molar-refractivity contribution in [3.05, 3.63) is 60.9 Å². The summed E-state index contributed by atoms with van der Waals surface area (Å²) in [4.78, 5) is 37.3. The Morgan fingerprint density at radius 2 is 2.08 bits per heavy atom. The van der Waals surface area contributed by atoms with Gasteiger partial charge in [0.1, 0.15) is 0 Å². The second-order valence-electron chi connectivity index (χ2n) is 5.28. The molecule has 1 aromatic heterocycles. The van der Waals surface area contributed by atoms with E-state index in [2.05, 4.69) is 0 Å². The van der Waals surface area contributed by atoms with Gasteiger partial charge in [-0.05, 0) is 25.1 Å². The van der Waals surface area contributed by atoms with E-state index in [4.69, 9.17) is 16.3 Å². The van der Waals surface area contributed by atoms with E-state index in [1.807, 2.05) is 0 Å². The average Bonchev–Trinajstić information content (AvgIpc) is 3.04. The van der Waals surface area contributed by atoms with Crippen LogP contribution in [0.1, 0.15) is 28.5 Å². The molecule has 0 aliphatic carbocycles. The van der Waals surface area contributed by atoms with Crippen molar-refractivity contribution in [1.29, 1.82) is 0 Å². The molecule has 0 saturated heterocycles. The first-order valence-electron chi connectivity index (χ1n) is 7.34. The number of hydrogen-bond donors (Lipinski definition) is 0. The van der Waals surface area contributed by atoms with Crippen molar-refractivity contribution in [2.45, 2.75) is 18.4 Å². The second-order valence-corrected chi connectivity index (χ2v) is 6.68. The highest BCUT2D eigenvalue weighted by Gasteiger charge is 2.23. The first-order valence-corrected chi connectivity index (χ1v) is 8.87. The molecule has 1 aromatic carbocycles. The van der Waals surface area contributed by atoms with Crippen molar-refractivity contribution in [1.82, 2.24) is 9.13 Å². The Kier molecular flexibility index (Phi) is 4.56. The van der Waals surface area contributed by atoms with Crippen molar-refractivity contribution < 1.29 is 9.53 Å². The Bertz CT molecular complexity index is 948. The molecule has 24 heavy (non-hydrogen) atoms. The molecule has 0 amide bonds. The smallest absolute Gasteiger partial charge is 0.339 e. The van der Waals surface area contributed by atoms with Crippen LogP contribution in [0.3, 0.4) is 0 Å². The molecule has 1 aliphatic rings. The predicted molar refractivity (Wildman–Crippen MR) is 93.2 cm³/mol. The third-order valence-electron chi connectivity index (χ3n) is 3.88. The Balaban J connectivity index is 2.23. The lowest BCUT2D eigenvalue weighted by atomic mass is 10.2. The number of benzene rings is 1. The lowest BCUT2D eigenvalue weighted by molar-refractivity contribution is 0.0526. The van der Waals surface area contributed by atoms with Gasteiger partial charge in [0.05, 0.1) is 22.9 Å². The summed E-state index contributed by atoms with van der Waals surface area (Å²) in [5.74, 6) is 0.623. The number of thioether (sulfide) groups is 1. The van der Waals surface area contributed by atoms with Crippen LogP contribution in [0.5, 0.6) is 0 Å². The van der Waals surface area contributed by atoms with E-state index in [0.717, 1.165) is 10.3 Å². The van der Waals surface area contributed by atoms with E-state index < -0.39 is 11.7 Å². The number of carbonyl (C=O) groups is 1. The van der Waals surface area contributed by atoms with Crippen LogP contribution in [-0.2, 0) is 23.3 Å². The molecule has 3 rings (SSSR count). The molecule has 2 aromatic rings. The van der Waals surface area contributed by atoms with E-state index in [1.165, 1.54) is 16.7 Å². The zero-order chi connectivity index (χ0) is 17.4. The minimum Gasteiger partial charge on any atom is -0.462 e. The van der Waals surface area contributed by atoms with Gasteiger partial charge in [0.2, 0.25) is 0 Å². The van der Waals surface area contributed by atoms with Crippen LogP contribution >= 0.6 is 23.4 Å². The van der Waals surface area contributed by atoms with Crippen LogP contribution in [0.2, 0.25) is 5.02 Å². The van der Waals surface area contributed by atoms with Gasteiger partial charge in [0.25, 0.3) is 5.56 Å². The highest BCUT2D eigenvalue weighted by molar-refractivity contribution is 7.98. The third-order valence-corrected chi connectivity index (χ3v) is 5.18. The van der Waals surface area contributed by atoms with Gasteiger partial charge in [-0.15, -0.1) is 0 Å². The molecular weight excluding hydrogens is 352 g/mol. The molecule has 1 aliphatic heterocycles. The number of carbonyl (C=O) groups excluding carboxylic acids is 1. The van der Waals surface area contributed by atoms with Gasteiger partial charge in [0, 0.05) is 29.8 Å². The summed E-state index contributed by atoms with van der Waals surface area (Å²) in [5, 5.41) is 0.207. The van der Waals surface area contributed by atoms with Gasteiger partial charge in [0.15, 0.2) is 0 Å². The third kappa shape index (κ3) is 2.67. The molecule has 0 N–H and O–H groups in total. The number of rotatable bonds is 3. The SMILES string of the molecule is CCOC(=O)c1cc(-n2c(=O)c3c(n(C)c2=O)CSC3)ccc1Cl. The molecule has 0 radical (unpaired) electrons. The van der Waals surface area contributed by atoms with Gasteiger partial charge < -0.3 is 4.74 Å². The maximum Gasteiger partial charge on any atom is 0.339 e. The topological polar surface area (TPSA) is 70.3 Å². The summed E-state index contributed by atoms with van der Waals surface area (Å²) in [7, 11) is 1.64. The largest absolute Gasteiger partial charge is 0.462 e. The maximum absolute atomic E-state index is 12.7. The Labute approximate surface area is 147 Å². The summed E-state index contributed by atoms with van der Waals surface area (Å²) < 4.78 is 7.52. The first-order chi connectivity index (χ1) is 11.5. The van der Waals surface area contributed by atoms with Crippen LogP contribution < -0.4 is 11.2 Å². The monoisotopic (exact) mass is 366 g/mol. The molecular formula is C16H15ClN2O4S. The Morgan fingerprint density at radius 1 is 1.33 bits per heavy atom. The number of esters is 1. The molecule has 0 atom stereocenters. The van der Waals surface area contributed by atoms with Crippen molar-refractivity contribution in [3.63, 3.8) is 0 Å². The fourth-order valence-corrected chi connectivity index (χ4v) is 3.99. The molecule has 126 valence electrons. The molecule has 0 spiro atoms. The zero-order valence-electron chi connectivity index (χ0n) is 13.2. The Hall–Kier alpha value is -1.99. The molecule has 0 bridgehead atoms. The van der Waals surface area contributed by atoms with E-state index >= 15 is 0 Å². The van der Waals surface area contributed by atoms with Crippen LogP contribution in [0.15, 0.2) is 27.8 Å². The fourth-order valence-electron chi connectivity index (χ4n) is 2.64. The van der Waals surface area contributed by atoms with Crippen LogP contribution in [0.25, 0.3) is 5.69 Å². The predicted octanol–water partition coefficient (Wildman–Crippen LogP) is 2.11. The first kappa shape index (κ1) is 16.9. The lowest BCUT2D eigenvalue weighted by Gasteiger charge is -2.13. The average molecular weight is 367 g/mol. The van der Waals surface area contributed by atoms with E-state index in [1.54, 1.807) is 31.8 Å². The standard InChI is InChI=1S/C16H15ClN2O4S/c1-3-23-15(21)10-6-9(4-5-12(10)17)19-14(20)11-7-24-8-13(11)18(2)16(19)22/h4-6H,3,7-8H2,1-2H3. The Morgan fingerprint density at radius 3 is 2.79 bits per heavy atom. The van der Waals surface area contributed by atoms with Gasteiger partial charge >= 0.3 is 11.7 Å². The zero-order valence-corrected chi connectivity index (χ0v) is 14.7. The van der Waals surface area contributed by atoms with Crippen molar-refractivity contribution in [2.24, 2.45) is 7.05 Å². The number of halogens is 1. The highest BCUT2D eigenvalue weighted by atomic mass is 35.5. The molecule has 0 unspecified atom stereocenters. The van der Waals surface area contributed by atoms with Crippen molar-refractivity contribution in [2.75, 3.05) is 6.61 Å². The van der Waals surface area contributed by atoms with Crippen molar-refractivity contribution in [3.8, 4) is 5.69 Å². The summed E-state index contributed by atoms with van der Waals surface area (Å²) in [6, 6.07) is 4.44. The molecule has 2 heterocycles. The quantitative estimate of drug-likeness (QED) is 0.778. The number of aromatic nitrogens is 2. The van der Waals surface area contributed by atoms with Crippen LogP contribution in [0.4, 0.5) is 0 Å². The van der Waals surface area contributed by atoms with Crippen molar-refractivity contribution >= 4 is 29.3 Å². The minimum atomic E-state index is -0.592. The molecule has 8 heteroatoms. The van der Waals surface area contributed by atoms with Gasteiger partial charge in [-0.1, -0.05) is 11.6 Å². The molecule has 0 saturated carbocycles. The fraction of sp³-hybridized carbons (Fsp3) is 0.312. The minimum absolute atomic E-state index is 0.125. The number of ether oxygens (including phenoxy) is 1.